The largest absolute Gasteiger partial charge is 0.306 e. The van der Waals surface area contributed by atoms with Crippen molar-refractivity contribution < 1.29 is 0 Å². The minimum atomic E-state index is 0.420. The zero-order valence-corrected chi connectivity index (χ0v) is 14.7. The zero-order valence-electron chi connectivity index (χ0n) is 11.5. The first kappa shape index (κ1) is 13.7. The molecule has 4 fully saturated rings. The fraction of sp³-hybridized carbons (Fsp3) is 0.688. The summed E-state index contributed by atoms with van der Waals surface area (Å²) in [7, 11) is 0. The Morgan fingerprint density at radius 1 is 1.10 bits per heavy atom. The maximum atomic E-state index is 4.54. The van der Waals surface area contributed by atoms with Gasteiger partial charge in [-0.15, -0.1) is 0 Å². The lowest BCUT2D eigenvalue weighted by Crippen LogP contribution is -2.58. The van der Waals surface area contributed by atoms with Gasteiger partial charge in [-0.05, 0) is 94.2 Å². The normalized spacial score (nSPS) is 38.4. The van der Waals surface area contributed by atoms with Crippen LogP contribution in [0.2, 0.25) is 0 Å². The molecule has 1 heterocycles. The van der Waals surface area contributed by atoms with E-state index >= 15 is 0 Å². The number of rotatable bonds is 3. The fourth-order valence-electron chi connectivity index (χ4n) is 5.17. The summed E-state index contributed by atoms with van der Waals surface area (Å²) in [6.07, 6.45) is 10.6. The van der Waals surface area contributed by atoms with Gasteiger partial charge >= 0.3 is 0 Å². The SMILES string of the molecule is Brc1cnc(CNC23CC4CC(CC(C4)C2)C3)c(Br)c1. The van der Waals surface area contributed by atoms with Crippen LogP contribution in [0.15, 0.2) is 21.2 Å². The second kappa shape index (κ2) is 5.06. The highest BCUT2D eigenvalue weighted by Gasteiger charge is 2.50. The van der Waals surface area contributed by atoms with Gasteiger partial charge in [0.25, 0.3) is 0 Å². The number of aromatic nitrogens is 1. The molecule has 5 rings (SSSR count). The smallest absolute Gasteiger partial charge is 0.0684 e. The predicted molar refractivity (Wildman–Crippen MR) is 87.4 cm³/mol. The molecule has 4 bridgehead atoms. The number of pyridine rings is 1. The van der Waals surface area contributed by atoms with Crippen LogP contribution < -0.4 is 5.32 Å². The van der Waals surface area contributed by atoms with E-state index in [9.17, 15) is 0 Å². The van der Waals surface area contributed by atoms with Crippen molar-refractivity contribution in [2.75, 3.05) is 0 Å². The summed E-state index contributed by atoms with van der Waals surface area (Å²) in [5.41, 5.74) is 1.55. The second-order valence-electron chi connectivity index (χ2n) is 7.13. The van der Waals surface area contributed by atoms with Crippen molar-refractivity contribution in [1.82, 2.24) is 10.3 Å². The molecule has 0 aliphatic heterocycles. The van der Waals surface area contributed by atoms with Crippen LogP contribution in [-0.2, 0) is 6.54 Å². The van der Waals surface area contributed by atoms with Crippen LogP contribution in [0, 0.1) is 17.8 Å². The van der Waals surface area contributed by atoms with E-state index < -0.39 is 0 Å². The molecule has 0 radical (unpaired) electrons. The monoisotopic (exact) mass is 398 g/mol. The van der Waals surface area contributed by atoms with Crippen molar-refractivity contribution >= 4 is 31.9 Å². The van der Waals surface area contributed by atoms with Crippen molar-refractivity contribution in [2.45, 2.75) is 50.6 Å². The predicted octanol–water partition coefficient (Wildman–Crippen LogP) is 4.67. The van der Waals surface area contributed by atoms with Gasteiger partial charge in [0, 0.05) is 27.2 Å². The quantitative estimate of drug-likeness (QED) is 0.798. The Kier molecular flexibility index (Phi) is 3.47. The van der Waals surface area contributed by atoms with E-state index in [2.05, 4.69) is 48.2 Å². The molecule has 4 aliphatic rings. The third-order valence-electron chi connectivity index (χ3n) is 5.55. The number of hydrogen-bond acceptors (Lipinski definition) is 2. The summed E-state index contributed by atoms with van der Waals surface area (Å²) in [5, 5.41) is 3.90. The maximum absolute atomic E-state index is 4.54. The van der Waals surface area contributed by atoms with Gasteiger partial charge in [-0.2, -0.15) is 0 Å². The van der Waals surface area contributed by atoms with Crippen molar-refractivity contribution in [2.24, 2.45) is 17.8 Å². The third-order valence-corrected chi connectivity index (χ3v) is 6.67. The number of halogens is 2. The van der Waals surface area contributed by atoms with E-state index in [0.717, 1.165) is 38.9 Å². The highest BCUT2D eigenvalue weighted by atomic mass is 79.9. The van der Waals surface area contributed by atoms with Gasteiger partial charge in [0.05, 0.1) is 5.69 Å². The van der Waals surface area contributed by atoms with Gasteiger partial charge in [0.15, 0.2) is 0 Å². The molecule has 1 N–H and O–H groups in total. The van der Waals surface area contributed by atoms with Gasteiger partial charge in [-0.1, -0.05) is 0 Å². The summed E-state index contributed by atoms with van der Waals surface area (Å²) in [6.45, 7) is 0.889. The Balaban J connectivity index is 1.49. The average Bonchev–Trinajstić information content (AvgIpc) is 2.36. The van der Waals surface area contributed by atoms with Gasteiger partial charge in [0.2, 0.25) is 0 Å². The van der Waals surface area contributed by atoms with Gasteiger partial charge in [-0.3, -0.25) is 4.98 Å². The molecule has 0 atom stereocenters. The third kappa shape index (κ3) is 2.48. The molecule has 1 aromatic rings. The highest BCUT2D eigenvalue weighted by Crippen LogP contribution is 2.55. The standard InChI is InChI=1S/C16H20Br2N2/c17-13-4-14(18)15(19-8-13)9-20-16-5-10-1-11(6-16)3-12(2-10)7-16/h4,8,10-12,20H,1-3,5-7,9H2. The first-order chi connectivity index (χ1) is 9.62. The highest BCUT2D eigenvalue weighted by molar-refractivity contribution is 9.11. The van der Waals surface area contributed by atoms with Crippen LogP contribution in [-0.4, -0.2) is 10.5 Å². The summed E-state index contributed by atoms with van der Waals surface area (Å²) in [6, 6.07) is 2.09. The molecule has 0 saturated heterocycles. The van der Waals surface area contributed by atoms with Crippen molar-refractivity contribution in [3.63, 3.8) is 0 Å². The zero-order chi connectivity index (χ0) is 13.7. The molecule has 1 aromatic heterocycles. The van der Waals surface area contributed by atoms with Crippen LogP contribution in [0.1, 0.15) is 44.2 Å². The Morgan fingerprint density at radius 2 is 1.70 bits per heavy atom. The topological polar surface area (TPSA) is 24.9 Å². The van der Waals surface area contributed by atoms with E-state index in [-0.39, 0.29) is 0 Å². The van der Waals surface area contributed by atoms with Crippen LogP contribution in [0.3, 0.4) is 0 Å². The number of hydrogen-bond donors (Lipinski definition) is 1. The molecule has 4 aliphatic carbocycles. The second-order valence-corrected chi connectivity index (χ2v) is 8.90. The molecule has 108 valence electrons. The number of nitrogens with one attached hydrogen (secondary N) is 1. The van der Waals surface area contributed by atoms with E-state index in [4.69, 9.17) is 0 Å². The Morgan fingerprint density at radius 3 is 2.25 bits per heavy atom. The Labute approximate surface area is 137 Å². The molecule has 2 nitrogen and oxygen atoms in total. The molecule has 4 heteroatoms. The van der Waals surface area contributed by atoms with E-state index in [1.54, 1.807) is 0 Å². The van der Waals surface area contributed by atoms with Crippen molar-refractivity contribution in [1.29, 1.82) is 0 Å². The van der Waals surface area contributed by atoms with Crippen LogP contribution in [0.4, 0.5) is 0 Å². The summed E-state index contributed by atoms with van der Waals surface area (Å²) in [4.78, 5) is 4.54. The first-order valence-corrected chi connectivity index (χ1v) is 9.25. The summed E-state index contributed by atoms with van der Waals surface area (Å²) in [5.74, 6) is 2.99. The van der Waals surface area contributed by atoms with E-state index in [1.807, 2.05) is 6.20 Å². The molecular weight excluding hydrogens is 380 g/mol. The lowest BCUT2D eigenvalue weighted by Gasteiger charge is -2.57. The summed E-state index contributed by atoms with van der Waals surface area (Å²) < 4.78 is 2.13. The van der Waals surface area contributed by atoms with Gasteiger partial charge in [-0.25, -0.2) is 0 Å². The first-order valence-electron chi connectivity index (χ1n) is 7.67. The average molecular weight is 400 g/mol. The van der Waals surface area contributed by atoms with E-state index in [1.165, 1.54) is 38.5 Å². The maximum Gasteiger partial charge on any atom is 0.0684 e. The molecule has 20 heavy (non-hydrogen) atoms. The molecule has 0 spiro atoms. The molecule has 4 saturated carbocycles. The lowest BCUT2D eigenvalue weighted by atomic mass is 9.53. The van der Waals surface area contributed by atoms with E-state index in [0.29, 0.717) is 5.54 Å². The molecule has 0 aromatic carbocycles. The van der Waals surface area contributed by atoms with Crippen LogP contribution >= 0.6 is 31.9 Å². The van der Waals surface area contributed by atoms with Crippen molar-refractivity contribution in [3.05, 3.63) is 26.9 Å². The fourth-order valence-corrected chi connectivity index (χ4v) is 6.30. The number of nitrogens with zero attached hydrogens (tertiary/aromatic N) is 1. The van der Waals surface area contributed by atoms with Crippen LogP contribution in [0.25, 0.3) is 0 Å². The van der Waals surface area contributed by atoms with Gasteiger partial charge < -0.3 is 5.32 Å². The van der Waals surface area contributed by atoms with Gasteiger partial charge in [0.1, 0.15) is 0 Å². The van der Waals surface area contributed by atoms with Crippen LogP contribution in [0.5, 0.6) is 0 Å². The Hall–Kier alpha value is 0.0700. The minimum Gasteiger partial charge on any atom is -0.306 e. The molecule has 0 unspecified atom stereocenters. The van der Waals surface area contributed by atoms with Crippen molar-refractivity contribution in [3.8, 4) is 0 Å². The summed E-state index contributed by atoms with van der Waals surface area (Å²) >= 11 is 7.09. The minimum absolute atomic E-state index is 0.420. The molecular formula is C16H20Br2N2. The Bertz CT molecular complexity index is 494. The molecule has 0 amide bonds. The lowest BCUT2D eigenvalue weighted by molar-refractivity contribution is -0.0207.